The highest BCUT2D eigenvalue weighted by Gasteiger charge is 2.00. The number of guanidine groups is 1. The van der Waals surface area contributed by atoms with Gasteiger partial charge in [0, 0.05) is 11.9 Å². The fourth-order valence-electron chi connectivity index (χ4n) is 2.61. The molecule has 1 aromatic heterocycles. The van der Waals surface area contributed by atoms with E-state index in [0.29, 0.717) is 19.1 Å². The second-order valence-corrected chi connectivity index (χ2v) is 6.14. The second-order valence-electron chi connectivity index (χ2n) is 6.14. The molecule has 27 heavy (non-hydrogen) atoms. The maximum absolute atomic E-state index is 6.02. The van der Waals surface area contributed by atoms with Crippen LogP contribution in [0, 0.1) is 0 Å². The number of hydrogen-bond donors (Lipinski definition) is 2. The molecule has 2 aromatic carbocycles. The molecule has 1 heterocycles. The first kappa shape index (κ1) is 18.5. The maximum Gasteiger partial charge on any atom is 0.193 e. The number of nitrogens with two attached hydrogens (primary N) is 1. The zero-order chi connectivity index (χ0) is 18.9. The summed E-state index contributed by atoms with van der Waals surface area (Å²) in [6.07, 6.45) is 2.74. The number of pyridine rings is 1. The van der Waals surface area contributed by atoms with Gasteiger partial charge in [-0.25, -0.2) is 4.99 Å². The summed E-state index contributed by atoms with van der Waals surface area (Å²) >= 11 is 0. The van der Waals surface area contributed by atoms with Gasteiger partial charge in [-0.2, -0.15) is 0 Å². The molecule has 0 saturated carbocycles. The van der Waals surface area contributed by atoms with E-state index in [1.165, 1.54) is 5.56 Å². The van der Waals surface area contributed by atoms with Gasteiger partial charge in [-0.3, -0.25) is 4.98 Å². The van der Waals surface area contributed by atoms with Crippen LogP contribution in [0.1, 0.15) is 23.7 Å². The number of anilines is 1. The lowest BCUT2D eigenvalue weighted by molar-refractivity contribution is 0.301. The van der Waals surface area contributed by atoms with E-state index in [-0.39, 0.29) is 0 Å². The summed E-state index contributed by atoms with van der Waals surface area (Å²) in [5, 5.41) is 3.14. The van der Waals surface area contributed by atoms with Crippen molar-refractivity contribution in [1.82, 2.24) is 4.98 Å². The van der Waals surface area contributed by atoms with E-state index in [2.05, 4.69) is 34.3 Å². The lowest BCUT2D eigenvalue weighted by Crippen LogP contribution is -2.22. The number of ether oxygens (including phenoxy) is 1. The first-order valence-electron chi connectivity index (χ1n) is 9.00. The minimum Gasteiger partial charge on any atom is -0.487 e. The molecule has 0 amide bonds. The van der Waals surface area contributed by atoms with Gasteiger partial charge in [0.1, 0.15) is 12.4 Å². The van der Waals surface area contributed by atoms with Crippen molar-refractivity contribution in [3.05, 3.63) is 89.7 Å². The molecule has 0 fully saturated rings. The minimum atomic E-state index is 0.392. The highest BCUT2D eigenvalue weighted by Crippen LogP contribution is 2.16. The Balaban J connectivity index is 1.57. The summed E-state index contributed by atoms with van der Waals surface area (Å²) in [5.74, 6) is 1.18. The van der Waals surface area contributed by atoms with Crippen molar-refractivity contribution in [2.24, 2.45) is 10.7 Å². The minimum absolute atomic E-state index is 0.392. The van der Waals surface area contributed by atoms with Crippen LogP contribution in [-0.4, -0.2) is 10.9 Å². The molecule has 0 bridgehead atoms. The number of aryl methyl sites for hydroxylation is 1. The van der Waals surface area contributed by atoms with Crippen LogP contribution in [0.3, 0.4) is 0 Å². The van der Waals surface area contributed by atoms with Gasteiger partial charge < -0.3 is 15.8 Å². The number of nitrogens with zero attached hydrogens (tertiary/aromatic N) is 2. The van der Waals surface area contributed by atoms with Gasteiger partial charge in [-0.1, -0.05) is 37.3 Å². The zero-order valence-electron chi connectivity index (χ0n) is 15.4. The second kappa shape index (κ2) is 9.38. The SMILES string of the molecule is CCc1cccc(NC(N)=NCc2cccc(OCc3ccccn3)c2)c1. The highest BCUT2D eigenvalue weighted by molar-refractivity contribution is 5.92. The van der Waals surface area contributed by atoms with E-state index in [9.17, 15) is 0 Å². The standard InChI is InChI=1S/C22H24N4O/c1-2-17-7-5-10-19(13-17)26-22(23)25-15-18-8-6-11-21(14-18)27-16-20-9-3-4-12-24-20/h3-14H,2,15-16H2,1H3,(H3,23,25,26). The Labute approximate surface area is 159 Å². The monoisotopic (exact) mass is 360 g/mol. The molecule has 3 rings (SSSR count). The molecule has 0 saturated heterocycles. The van der Waals surface area contributed by atoms with Gasteiger partial charge in [0.05, 0.1) is 12.2 Å². The molecule has 5 nitrogen and oxygen atoms in total. The summed E-state index contributed by atoms with van der Waals surface area (Å²) in [6, 6.07) is 21.8. The van der Waals surface area contributed by atoms with Gasteiger partial charge >= 0.3 is 0 Å². The molecule has 138 valence electrons. The predicted octanol–water partition coefficient (Wildman–Crippen LogP) is 4.15. The molecule has 0 atom stereocenters. The number of benzene rings is 2. The molecule has 3 N–H and O–H groups in total. The van der Waals surface area contributed by atoms with E-state index in [0.717, 1.165) is 29.1 Å². The van der Waals surface area contributed by atoms with Crippen molar-refractivity contribution in [2.45, 2.75) is 26.5 Å². The molecule has 3 aromatic rings. The highest BCUT2D eigenvalue weighted by atomic mass is 16.5. The average molecular weight is 360 g/mol. The van der Waals surface area contributed by atoms with Crippen molar-refractivity contribution >= 4 is 11.6 Å². The molecular weight excluding hydrogens is 336 g/mol. The van der Waals surface area contributed by atoms with Gasteiger partial charge in [0.2, 0.25) is 0 Å². The third-order valence-electron chi connectivity index (χ3n) is 4.05. The molecule has 0 spiro atoms. The molecule has 0 unspecified atom stereocenters. The smallest absolute Gasteiger partial charge is 0.193 e. The van der Waals surface area contributed by atoms with Crippen molar-refractivity contribution < 1.29 is 4.74 Å². The van der Waals surface area contributed by atoms with Crippen LogP contribution in [0.25, 0.3) is 0 Å². The van der Waals surface area contributed by atoms with E-state index in [4.69, 9.17) is 10.5 Å². The Morgan fingerprint density at radius 3 is 2.70 bits per heavy atom. The van der Waals surface area contributed by atoms with Crippen molar-refractivity contribution in [1.29, 1.82) is 0 Å². The van der Waals surface area contributed by atoms with Crippen LogP contribution in [0.5, 0.6) is 5.75 Å². The van der Waals surface area contributed by atoms with E-state index in [1.807, 2.05) is 54.6 Å². The number of rotatable bonds is 7. The Morgan fingerprint density at radius 2 is 1.89 bits per heavy atom. The number of aliphatic imine (C=N–C) groups is 1. The van der Waals surface area contributed by atoms with Crippen molar-refractivity contribution in [2.75, 3.05) is 5.32 Å². The summed E-state index contributed by atoms with van der Waals surface area (Å²) < 4.78 is 5.80. The predicted molar refractivity (Wildman–Crippen MR) is 110 cm³/mol. The zero-order valence-corrected chi connectivity index (χ0v) is 15.4. The molecule has 5 heteroatoms. The summed E-state index contributed by atoms with van der Waals surface area (Å²) in [5.41, 5.74) is 10.1. The Kier molecular flexibility index (Phi) is 6.41. The average Bonchev–Trinajstić information content (AvgIpc) is 2.72. The van der Waals surface area contributed by atoms with Crippen LogP contribution in [-0.2, 0) is 19.6 Å². The van der Waals surface area contributed by atoms with Crippen LogP contribution in [0.4, 0.5) is 5.69 Å². The summed E-state index contributed by atoms with van der Waals surface area (Å²) in [6.45, 7) is 3.04. The quantitative estimate of drug-likeness (QED) is 0.490. The molecule has 0 aliphatic rings. The fraction of sp³-hybridized carbons (Fsp3) is 0.182. The summed E-state index contributed by atoms with van der Waals surface area (Å²) in [7, 11) is 0. The van der Waals surface area contributed by atoms with Crippen LogP contribution in [0.2, 0.25) is 0 Å². The number of hydrogen-bond acceptors (Lipinski definition) is 3. The summed E-state index contributed by atoms with van der Waals surface area (Å²) in [4.78, 5) is 8.68. The van der Waals surface area contributed by atoms with Gasteiger partial charge in [-0.05, 0) is 53.9 Å². The largest absolute Gasteiger partial charge is 0.487 e. The Morgan fingerprint density at radius 1 is 1.04 bits per heavy atom. The Bertz CT molecular complexity index is 894. The number of nitrogens with one attached hydrogen (secondary N) is 1. The molecule has 0 aliphatic carbocycles. The lowest BCUT2D eigenvalue weighted by Gasteiger charge is -2.08. The molecule has 0 aliphatic heterocycles. The van der Waals surface area contributed by atoms with E-state index >= 15 is 0 Å². The van der Waals surface area contributed by atoms with Gasteiger partial charge in [0.25, 0.3) is 0 Å². The molecule has 0 radical (unpaired) electrons. The Hall–Kier alpha value is -3.34. The van der Waals surface area contributed by atoms with Gasteiger partial charge in [-0.15, -0.1) is 0 Å². The van der Waals surface area contributed by atoms with Crippen molar-refractivity contribution in [3.63, 3.8) is 0 Å². The molecular formula is C22H24N4O. The fourth-order valence-corrected chi connectivity index (χ4v) is 2.61. The van der Waals surface area contributed by atoms with Crippen LogP contribution >= 0.6 is 0 Å². The third kappa shape index (κ3) is 5.85. The van der Waals surface area contributed by atoms with Crippen LogP contribution in [0.15, 0.2) is 77.9 Å². The third-order valence-corrected chi connectivity index (χ3v) is 4.05. The van der Waals surface area contributed by atoms with Crippen LogP contribution < -0.4 is 15.8 Å². The first-order valence-corrected chi connectivity index (χ1v) is 9.00. The normalized spacial score (nSPS) is 11.2. The number of aromatic nitrogens is 1. The van der Waals surface area contributed by atoms with Gasteiger partial charge in [0.15, 0.2) is 5.96 Å². The van der Waals surface area contributed by atoms with E-state index in [1.54, 1.807) is 6.20 Å². The topological polar surface area (TPSA) is 72.5 Å². The van der Waals surface area contributed by atoms with E-state index < -0.39 is 0 Å². The van der Waals surface area contributed by atoms with Crippen molar-refractivity contribution in [3.8, 4) is 5.75 Å². The maximum atomic E-state index is 6.02. The first-order chi connectivity index (χ1) is 13.2. The lowest BCUT2D eigenvalue weighted by atomic mass is 10.1.